The summed E-state index contributed by atoms with van der Waals surface area (Å²) >= 11 is 0. The minimum absolute atomic E-state index is 0. The third-order valence-electron chi connectivity index (χ3n) is 5.26. The summed E-state index contributed by atoms with van der Waals surface area (Å²) in [5.41, 5.74) is 0. The molecule has 0 fully saturated rings. The molecule has 2 heteroatoms. The Morgan fingerprint density at radius 2 is 1.05 bits per heavy atom. The molecule has 0 N–H and O–H groups in total. The highest BCUT2D eigenvalue weighted by molar-refractivity contribution is 4.54. The van der Waals surface area contributed by atoms with Crippen LogP contribution >= 0.6 is 0 Å². The molecule has 1 atom stereocenters. The van der Waals surface area contributed by atoms with Crippen LogP contribution < -0.4 is 12.4 Å². The molecular formula is C20H44ClN. The molecule has 0 saturated heterocycles. The Labute approximate surface area is 148 Å². The van der Waals surface area contributed by atoms with E-state index in [0.29, 0.717) is 0 Å². The van der Waals surface area contributed by atoms with Gasteiger partial charge in [0.05, 0.1) is 26.7 Å². The molecular weight excluding hydrogens is 290 g/mol. The van der Waals surface area contributed by atoms with Crippen LogP contribution in [0.3, 0.4) is 0 Å². The number of hydrogen-bond donors (Lipinski definition) is 0. The lowest BCUT2D eigenvalue weighted by Gasteiger charge is -2.36. The van der Waals surface area contributed by atoms with E-state index in [9.17, 15) is 0 Å². The average Bonchev–Trinajstić information content (AvgIpc) is 2.46. The van der Waals surface area contributed by atoms with Crippen LogP contribution in [-0.4, -0.2) is 31.2 Å². The lowest BCUT2D eigenvalue weighted by Crippen LogP contribution is -3.00. The Morgan fingerprint density at radius 1 is 0.636 bits per heavy atom. The van der Waals surface area contributed by atoms with Crippen molar-refractivity contribution in [1.29, 1.82) is 0 Å². The van der Waals surface area contributed by atoms with Crippen molar-refractivity contribution in [3.8, 4) is 0 Å². The quantitative estimate of drug-likeness (QED) is 0.317. The van der Waals surface area contributed by atoms with Gasteiger partial charge in [0, 0.05) is 0 Å². The molecule has 0 aromatic carbocycles. The predicted molar refractivity (Wildman–Crippen MR) is 97.8 cm³/mol. The van der Waals surface area contributed by atoms with Crippen molar-refractivity contribution in [3.63, 3.8) is 0 Å². The second-order valence-electron chi connectivity index (χ2n) is 7.68. The van der Waals surface area contributed by atoms with Crippen molar-refractivity contribution >= 4 is 0 Å². The Kier molecular flexibility index (Phi) is 18.0. The third kappa shape index (κ3) is 13.9. The molecule has 136 valence electrons. The van der Waals surface area contributed by atoms with Gasteiger partial charge in [0.25, 0.3) is 0 Å². The van der Waals surface area contributed by atoms with Crippen molar-refractivity contribution in [1.82, 2.24) is 0 Å². The number of unbranched alkanes of at least 4 members (excludes halogenated alkanes) is 10. The smallest absolute Gasteiger partial charge is 0.0857 e. The van der Waals surface area contributed by atoms with Gasteiger partial charge in [0.1, 0.15) is 0 Å². The monoisotopic (exact) mass is 333 g/mol. The molecule has 0 heterocycles. The molecule has 0 aromatic rings. The summed E-state index contributed by atoms with van der Waals surface area (Å²) in [4.78, 5) is 0. The summed E-state index contributed by atoms with van der Waals surface area (Å²) in [6, 6.07) is 0.826. The van der Waals surface area contributed by atoms with Gasteiger partial charge in [-0.1, -0.05) is 71.6 Å². The van der Waals surface area contributed by atoms with Crippen molar-refractivity contribution in [2.75, 3.05) is 20.6 Å². The zero-order valence-corrected chi connectivity index (χ0v) is 17.1. The molecule has 0 spiro atoms. The summed E-state index contributed by atoms with van der Waals surface area (Å²) in [7, 11) is 4.88. The molecule has 1 unspecified atom stereocenters. The maximum Gasteiger partial charge on any atom is 0.0857 e. The predicted octanol–water partition coefficient (Wildman–Crippen LogP) is 3.57. The summed E-state index contributed by atoms with van der Waals surface area (Å²) in [5, 5.41) is 0. The van der Waals surface area contributed by atoms with Crippen LogP contribution in [0.5, 0.6) is 0 Å². The molecule has 0 amide bonds. The van der Waals surface area contributed by atoms with E-state index in [1.54, 1.807) is 0 Å². The molecule has 0 aliphatic carbocycles. The molecule has 0 aliphatic heterocycles. The summed E-state index contributed by atoms with van der Waals surface area (Å²) in [6.45, 7) is 8.42. The lowest BCUT2D eigenvalue weighted by atomic mass is 10.0. The van der Waals surface area contributed by atoms with Gasteiger partial charge in [-0.15, -0.1) is 0 Å². The van der Waals surface area contributed by atoms with Gasteiger partial charge in [-0.05, 0) is 32.6 Å². The molecule has 0 radical (unpaired) electrons. The fraction of sp³-hybridized carbons (Fsp3) is 1.00. The Bertz CT molecular complexity index is 216. The van der Waals surface area contributed by atoms with E-state index in [0.717, 1.165) is 6.04 Å². The third-order valence-corrected chi connectivity index (χ3v) is 5.26. The van der Waals surface area contributed by atoms with Crippen LogP contribution in [0.25, 0.3) is 0 Å². The van der Waals surface area contributed by atoms with E-state index in [-0.39, 0.29) is 12.4 Å². The number of quaternary nitrogens is 1. The number of hydrogen-bond acceptors (Lipinski definition) is 0. The van der Waals surface area contributed by atoms with Crippen molar-refractivity contribution in [2.24, 2.45) is 0 Å². The van der Waals surface area contributed by atoms with Crippen LogP contribution in [0.15, 0.2) is 0 Å². The zero-order valence-electron chi connectivity index (χ0n) is 16.3. The van der Waals surface area contributed by atoms with Gasteiger partial charge in [0.2, 0.25) is 0 Å². The molecule has 0 saturated carbocycles. The van der Waals surface area contributed by atoms with E-state index in [1.165, 1.54) is 94.5 Å². The first-order chi connectivity index (χ1) is 10.0. The first-order valence-corrected chi connectivity index (χ1v) is 9.87. The van der Waals surface area contributed by atoms with Crippen LogP contribution in [0.2, 0.25) is 0 Å². The Balaban J connectivity index is 0. The van der Waals surface area contributed by atoms with E-state index < -0.39 is 0 Å². The topological polar surface area (TPSA) is 0 Å². The molecule has 1 nitrogen and oxygen atoms in total. The van der Waals surface area contributed by atoms with Crippen LogP contribution in [-0.2, 0) is 0 Å². The largest absolute Gasteiger partial charge is 1.00 e. The maximum atomic E-state index is 2.46. The highest BCUT2D eigenvalue weighted by Gasteiger charge is 2.22. The second-order valence-corrected chi connectivity index (χ2v) is 7.68. The van der Waals surface area contributed by atoms with Crippen molar-refractivity contribution < 1.29 is 16.9 Å². The minimum atomic E-state index is 0. The van der Waals surface area contributed by atoms with Crippen LogP contribution in [0, 0.1) is 0 Å². The molecule has 0 aromatic heterocycles. The maximum absolute atomic E-state index is 2.46. The fourth-order valence-corrected chi connectivity index (χ4v) is 3.09. The fourth-order valence-electron chi connectivity index (χ4n) is 3.09. The van der Waals surface area contributed by atoms with E-state index in [4.69, 9.17) is 0 Å². The van der Waals surface area contributed by atoms with Gasteiger partial charge in [-0.3, -0.25) is 0 Å². The normalized spacial score (nSPS) is 13.0. The molecule has 0 aliphatic rings. The average molecular weight is 334 g/mol. The van der Waals surface area contributed by atoms with Gasteiger partial charge < -0.3 is 16.9 Å². The minimum Gasteiger partial charge on any atom is -1.00 e. The molecule has 0 rings (SSSR count). The standard InChI is InChI=1S/C20H44N.ClH/c1-6-8-10-12-14-16-18-20(3)21(4,5)19-17-15-13-11-9-7-2;/h20H,6-19H2,1-5H3;1H/q+1;/p-1. The van der Waals surface area contributed by atoms with E-state index >= 15 is 0 Å². The lowest BCUT2D eigenvalue weighted by molar-refractivity contribution is -0.913. The van der Waals surface area contributed by atoms with E-state index in [2.05, 4.69) is 34.9 Å². The highest BCUT2D eigenvalue weighted by atomic mass is 35.5. The van der Waals surface area contributed by atoms with E-state index in [1.807, 2.05) is 0 Å². The zero-order chi connectivity index (χ0) is 16.0. The van der Waals surface area contributed by atoms with Gasteiger partial charge in [0.15, 0.2) is 0 Å². The van der Waals surface area contributed by atoms with Gasteiger partial charge in [-0.25, -0.2) is 0 Å². The molecule has 22 heavy (non-hydrogen) atoms. The summed E-state index contributed by atoms with van der Waals surface area (Å²) in [5.74, 6) is 0. The van der Waals surface area contributed by atoms with Crippen molar-refractivity contribution in [2.45, 2.75) is 110 Å². The first-order valence-electron chi connectivity index (χ1n) is 9.87. The Morgan fingerprint density at radius 3 is 1.55 bits per heavy atom. The Hall–Kier alpha value is 0.250. The van der Waals surface area contributed by atoms with Gasteiger partial charge in [-0.2, -0.15) is 0 Å². The number of nitrogens with zero attached hydrogens (tertiary/aromatic N) is 1. The number of rotatable bonds is 15. The molecule has 0 bridgehead atoms. The summed E-state index contributed by atoms with van der Waals surface area (Å²) in [6.07, 6.45) is 18.5. The summed E-state index contributed by atoms with van der Waals surface area (Å²) < 4.78 is 1.22. The van der Waals surface area contributed by atoms with Gasteiger partial charge >= 0.3 is 0 Å². The number of halogens is 1. The highest BCUT2D eigenvalue weighted by Crippen LogP contribution is 2.17. The second kappa shape index (κ2) is 16.1. The van der Waals surface area contributed by atoms with Crippen LogP contribution in [0.4, 0.5) is 0 Å². The van der Waals surface area contributed by atoms with Crippen molar-refractivity contribution in [3.05, 3.63) is 0 Å². The van der Waals surface area contributed by atoms with Crippen LogP contribution in [0.1, 0.15) is 104 Å². The first kappa shape index (κ1) is 24.5. The SMILES string of the molecule is CCCCCCCCC(C)[N+](C)(C)CCCCCCCC.[Cl-].